The average molecular weight is 386 g/mol. The molecular weight excluding hydrogens is 354 g/mol. The molecule has 1 aromatic heterocycles. The normalized spacial score (nSPS) is 18.1. The molecule has 1 fully saturated rings. The molecule has 0 radical (unpaired) electrons. The van der Waals surface area contributed by atoms with Crippen molar-refractivity contribution in [1.29, 1.82) is 0 Å². The summed E-state index contributed by atoms with van der Waals surface area (Å²) in [4.78, 5) is 7.23. The third-order valence-electron chi connectivity index (χ3n) is 5.34. The van der Waals surface area contributed by atoms with Crippen molar-refractivity contribution >= 4 is 17.3 Å². The van der Waals surface area contributed by atoms with Gasteiger partial charge in [0.15, 0.2) is 5.96 Å². The van der Waals surface area contributed by atoms with Crippen molar-refractivity contribution in [3.63, 3.8) is 0 Å². The van der Waals surface area contributed by atoms with E-state index in [4.69, 9.17) is 4.74 Å². The molecule has 1 aliphatic heterocycles. The van der Waals surface area contributed by atoms with Crippen LogP contribution in [0.1, 0.15) is 35.1 Å². The van der Waals surface area contributed by atoms with Crippen LogP contribution in [0.5, 0.6) is 0 Å². The number of guanidine groups is 1. The summed E-state index contributed by atoms with van der Waals surface area (Å²) in [5.74, 6) is 0.873. The van der Waals surface area contributed by atoms with Crippen molar-refractivity contribution in [2.45, 2.75) is 44.6 Å². The summed E-state index contributed by atoms with van der Waals surface area (Å²) in [6.07, 6.45) is 3.08. The van der Waals surface area contributed by atoms with Gasteiger partial charge in [0.25, 0.3) is 0 Å². The second-order valence-electron chi connectivity index (χ2n) is 7.45. The fourth-order valence-electron chi connectivity index (χ4n) is 3.75. The molecule has 1 aromatic carbocycles. The predicted molar refractivity (Wildman–Crippen MR) is 115 cm³/mol. The molecule has 27 heavy (non-hydrogen) atoms. The molecule has 2 N–H and O–H groups in total. The Hall–Kier alpha value is -1.85. The Kier molecular flexibility index (Phi) is 6.91. The van der Waals surface area contributed by atoms with Crippen LogP contribution in [-0.2, 0) is 16.6 Å². The Morgan fingerprint density at radius 1 is 1.19 bits per heavy atom. The third-order valence-corrected chi connectivity index (χ3v) is 6.36. The molecule has 0 amide bonds. The topological polar surface area (TPSA) is 45.7 Å². The van der Waals surface area contributed by atoms with Crippen LogP contribution in [0, 0.1) is 6.92 Å². The average Bonchev–Trinajstić information content (AvgIpc) is 3.11. The van der Waals surface area contributed by atoms with E-state index in [0.717, 1.165) is 45.0 Å². The Morgan fingerprint density at radius 3 is 2.56 bits per heavy atom. The molecule has 1 atom stereocenters. The van der Waals surface area contributed by atoms with Crippen LogP contribution in [0.15, 0.2) is 47.5 Å². The highest BCUT2D eigenvalue weighted by molar-refractivity contribution is 7.11. The molecule has 4 nitrogen and oxygen atoms in total. The van der Waals surface area contributed by atoms with Crippen molar-refractivity contribution in [3.8, 4) is 0 Å². The second kappa shape index (κ2) is 9.38. The number of hydrogen-bond donors (Lipinski definition) is 2. The van der Waals surface area contributed by atoms with Gasteiger partial charge in [-0.1, -0.05) is 30.3 Å². The lowest BCUT2D eigenvalue weighted by Crippen LogP contribution is -2.50. The van der Waals surface area contributed by atoms with E-state index in [0.29, 0.717) is 6.04 Å². The van der Waals surface area contributed by atoms with Crippen LogP contribution < -0.4 is 10.6 Å². The van der Waals surface area contributed by atoms with Crippen LogP contribution in [0.2, 0.25) is 0 Å². The number of aryl methyl sites for hydroxylation is 1. The van der Waals surface area contributed by atoms with Gasteiger partial charge in [0.1, 0.15) is 0 Å². The minimum Gasteiger partial charge on any atom is -0.381 e. The molecule has 3 rings (SSSR count). The highest BCUT2D eigenvalue weighted by Crippen LogP contribution is 2.34. The molecule has 5 heteroatoms. The number of hydrogen-bond acceptors (Lipinski definition) is 3. The van der Waals surface area contributed by atoms with Crippen LogP contribution in [-0.4, -0.2) is 38.8 Å². The van der Waals surface area contributed by atoms with Gasteiger partial charge < -0.3 is 15.4 Å². The number of benzene rings is 1. The minimum atomic E-state index is 0.102. The lowest BCUT2D eigenvalue weighted by atomic mass is 9.74. The standard InChI is InChI=1S/C22H31N3OS/c1-17(15-20-10-9-18(2)27-20)25-21(23-3)24-16-22(11-13-26-14-12-22)19-7-5-4-6-8-19/h4-10,17H,11-16H2,1-3H3,(H2,23,24,25). The van der Waals surface area contributed by atoms with Crippen molar-refractivity contribution in [1.82, 2.24) is 10.6 Å². The Morgan fingerprint density at radius 2 is 1.93 bits per heavy atom. The molecule has 2 heterocycles. The summed E-state index contributed by atoms with van der Waals surface area (Å²) < 4.78 is 5.64. The Balaban J connectivity index is 1.61. The highest BCUT2D eigenvalue weighted by Gasteiger charge is 2.34. The zero-order valence-corrected chi connectivity index (χ0v) is 17.4. The van der Waals surface area contributed by atoms with Gasteiger partial charge >= 0.3 is 0 Å². The van der Waals surface area contributed by atoms with E-state index in [1.165, 1.54) is 15.3 Å². The maximum atomic E-state index is 5.64. The summed E-state index contributed by atoms with van der Waals surface area (Å²) in [5, 5.41) is 7.13. The SMILES string of the molecule is CN=C(NCC1(c2ccccc2)CCOCC1)NC(C)Cc1ccc(C)s1. The first-order valence-electron chi connectivity index (χ1n) is 9.77. The summed E-state index contributed by atoms with van der Waals surface area (Å²) in [5.41, 5.74) is 1.49. The maximum absolute atomic E-state index is 5.64. The zero-order chi connectivity index (χ0) is 19.1. The molecule has 1 saturated heterocycles. The first-order chi connectivity index (χ1) is 13.1. The van der Waals surface area contributed by atoms with E-state index in [9.17, 15) is 0 Å². The highest BCUT2D eigenvalue weighted by atomic mass is 32.1. The summed E-state index contributed by atoms with van der Waals surface area (Å²) in [6, 6.07) is 15.6. The maximum Gasteiger partial charge on any atom is 0.191 e. The van der Waals surface area contributed by atoms with Gasteiger partial charge in [-0.15, -0.1) is 11.3 Å². The zero-order valence-electron chi connectivity index (χ0n) is 16.6. The van der Waals surface area contributed by atoms with Gasteiger partial charge in [0.2, 0.25) is 0 Å². The van der Waals surface area contributed by atoms with E-state index in [1.54, 1.807) is 0 Å². The predicted octanol–water partition coefficient (Wildman–Crippen LogP) is 3.90. The van der Waals surface area contributed by atoms with E-state index >= 15 is 0 Å². The molecule has 2 aromatic rings. The quantitative estimate of drug-likeness (QED) is 0.586. The molecule has 0 saturated carbocycles. The van der Waals surface area contributed by atoms with Crippen LogP contribution in [0.25, 0.3) is 0 Å². The molecule has 0 spiro atoms. The monoisotopic (exact) mass is 385 g/mol. The molecule has 1 aliphatic rings. The molecule has 146 valence electrons. The molecular formula is C22H31N3OS. The Bertz CT molecular complexity index is 735. The van der Waals surface area contributed by atoms with Crippen molar-refractivity contribution in [2.24, 2.45) is 4.99 Å². The number of thiophene rings is 1. The van der Waals surface area contributed by atoms with Gasteiger partial charge in [-0.05, 0) is 44.4 Å². The lowest BCUT2D eigenvalue weighted by molar-refractivity contribution is 0.0513. The van der Waals surface area contributed by atoms with Crippen molar-refractivity contribution < 1.29 is 4.74 Å². The number of rotatable bonds is 6. The van der Waals surface area contributed by atoms with E-state index in [1.807, 2.05) is 18.4 Å². The number of aliphatic imine (C=N–C) groups is 1. The first-order valence-corrected chi connectivity index (χ1v) is 10.6. The van der Waals surface area contributed by atoms with E-state index in [-0.39, 0.29) is 5.41 Å². The van der Waals surface area contributed by atoms with Crippen LogP contribution in [0.4, 0.5) is 0 Å². The largest absolute Gasteiger partial charge is 0.381 e. The van der Waals surface area contributed by atoms with E-state index < -0.39 is 0 Å². The van der Waals surface area contributed by atoms with E-state index in [2.05, 4.69) is 71.9 Å². The lowest BCUT2D eigenvalue weighted by Gasteiger charge is -2.38. The van der Waals surface area contributed by atoms with Crippen molar-refractivity contribution in [2.75, 3.05) is 26.8 Å². The van der Waals surface area contributed by atoms with Gasteiger partial charge in [0.05, 0.1) is 0 Å². The third kappa shape index (κ3) is 5.33. The van der Waals surface area contributed by atoms with Crippen LogP contribution >= 0.6 is 11.3 Å². The van der Waals surface area contributed by atoms with Crippen molar-refractivity contribution in [3.05, 3.63) is 57.8 Å². The van der Waals surface area contributed by atoms with Gasteiger partial charge in [-0.2, -0.15) is 0 Å². The van der Waals surface area contributed by atoms with Crippen LogP contribution in [0.3, 0.4) is 0 Å². The van der Waals surface area contributed by atoms with Gasteiger partial charge in [-0.25, -0.2) is 0 Å². The molecule has 0 bridgehead atoms. The Labute approximate surface area is 167 Å². The van der Waals surface area contributed by atoms with Gasteiger partial charge in [0, 0.05) is 54.4 Å². The smallest absolute Gasteiger partial charge is 0.191 e. The number of nitrogens with zero attached hydrogens (tertiary/aromatic N) is 1. The molecule has 0 aliphatic carbocycles. The number of nitrogens with one attached hydrogen (secondary N) is 2. The first kappa shape index (κ1) is 19.9. The molecule has 1 unspecified atom stereocenters. The minimum absolute atomic E-state index is 0.102. The van der Waals surface area contributed by atoms with Gasteiger partial charge in [-0.3, -0.25) is 4.99 Å². The second-order valence-corrected chi connectivity index (χ2v) is 8.82. The summed E-state index contributed by atoms with van der Waals surface area (Å²) in [6.45, 7) is 6.87. The summed E-state index contributed by atoms with van der Waals surface area (Å²) in [7, 11) is 1.84. The fourth-order valence-corrected chi connectivity index (χ4v) is 4.77. The summed E-state index contributed by atoms with van der Waals surface area (Å²) >= 11 is 1.87. The number of ether oxygens (including phenoxy) is 1. The fraction of sp³-hybridized carbons (Fsp3) is 0.500.